The van der Waals surface area contributed by atoms with E-state index >= 15 is 0 Å². The van der Waals surface area contributed by atoms with E-state index in [1.54, 1.807) is 42.3 Å². The first-order chi connectivity index (χ1) is 18.8. The van der Waals surface area contributed by atoms with Crippen molar-refractivity contribution < 1.29 is 9.18 Å². The van der Waals surface area contributed by atoms with Gasteiger partial charge in [-0.15, -0.1) is 0 Å². The average molecular weight is 538 g/mol. The van der Waals surface area contributed by atoms with Crippen LogP contribution in [0.25, 0.3) is 16.6 Å². The number of carbonyl (C=O) groups is 1. The Morgan fingerprint density at radius 3 is 2.51 bits per heavy atom. The molecule has 196 valence electrons. The SMILES string of the molecule is Cc1ccc(C)c(CSc2nc3cc(C(=O)N(C)Cc4ccccc4)ccc3c(=O)n2-c2cccc(F)c2)c1. The Balaban J connectivity index is 1.56. The molecule has 0 aliphatic rings. The van der Waals surface area contributed by atoms with E-state index in [1.165, 1.54) is 28.5 Å². The van der Waals surface area contributed by atoms with Crippen LogP contribution < -0.4 is 5.56 Å². The largest absolute Gasteiger partial charge is 0.337 e. The second-order valence-corrected chi connectivity index (χ2v) is 10.6. The van der Waals surface area contributed by atoms with Crippen molar-refractivity contribution in [1.29, 1.82) is 0 Å². The number of halogens is 1. The molecule has 1 aromatic heterocycles. The molecule has 0 radical (unpaired) electrons. The lowest BCUT2D eigenvalue weighted by Gasteiger charge is -2.18. The summed E-state index contributed by atoms with van der Waals surface area (Å²) in [5, 5.41) is 0.791. The molecular formula is C32H28FN3O2S. The molecule has 0 fully saturated rings. The number of aromatic nitrogens is 2. The summed E-state index contributed by atoms with van der Waals surface area (Å²) in [6, 6.07) is 26.9. The number of hydrogen-bond donors (Lipinski definition) is 0. The van der Waals surface area contributed by atoms with Gasteiger partial charge < -0.3 is 4.90 Å². The second kappa shape index (κ2) is 11.3. The fourth-order valence-electron chi connectivity index (χ4n) is 4.49. The first-order valence-electron chi connectivity index (χ1n) is 12.6. The number of amides is 1. The zero-order valence-electron chi connectivity index (χ0n) is 22.0. The van der Waals surface area contributed by atoms with E-state index < -0.39 is 5.82 Å². The van der Waals surface area contributed by atoms with E-state index in [9.17, 15) is 14.0 Å². The van der Waals surface area contributed by atoms with Crippen LogP contribution in [-0.2, 0) is 12.3 Å². The summed E-state index contributed by atoms with van der Waals surface area (Å²) in [6.45, 7) is 4.55. The topological polar surface area (TPSA) is 55.2 Å². The summed E-state index contributed by atoms with van der Waals surface area (Å²) in [7, 11) is 1.75. The molecule has 0 aliphatic heterocycles. The van der Waals surface area contributed by atoms with Gasteiger partial charge in [-0.05, 0) is 66.9 Å². The van der Waals surface area contributed by atoms with Crippen molar-refractivity contribution in [3.63, 3.8) is 0 Å². The maximum absolute atomic E-state index is 14.2. The molecule has 0 spiro atoms. The summed E-state index contributed by atoms with van der Waals surface area (Å²) in [5.74, 6) is -0.0204. The number of benzene rings is 4. The number of thioether (sulfide) groups is 1. The van der Waals surface area contributed by atoms with Crippen molar-refractivity contribution in [3.05, 3.63) is 135 Å². The monoisotopic (exact) mass is 537 g/mol. The second-order valence-electron chi connectivity index (χ2n) is 9.61. The highest BCUT2D eigenvalue weighted by molar-refractivity contribution is 7.98. The standard InChI is InChI=1S/C32H28FN3O2S/c1-21-12-13-22(2)25(16-21)20-39-32-34-29-17-24(30(37)35(3)19-23-8-5-4-6-9-23)14-15-28(29)31(38)36(32)27-11-7-10-26(33)18-27/h4-18H,19-20H2,1-3H3. The molecule has 0 aliphatic carbocycles. The molecule has 4 aromatic carbocycles. The van der Waals surface area contributed by atoms with E-state index in [1.807, 2.05) is 44.2 Å². The molecule has 0 saturated carbocycles. The minimum atomic E-state index is -0.438. The van der Waals surface area contributed by atoms with E-state index in [4.69, 9.17) is 4.98 Å². The Labute approximate surface area is 230 Å². The quantitative estimate of drug-likeness (QED) is 0.171. The lowest BCUT2D eigenvalue weighted by atomic mass is 10.1. The predicted octanol–water partition coefficient (Wildman–Crippen LogP) is 6.71. The summed E-state index contributed by atoms with van der Waals surface area (Å²) >= 11 is 1.41. The van der Waals surface area contributed by atoms with Gasteiger partial charge in [-0.1, -0.05) is 71.9 Å². The van der Waals surface area contributed by atoms with Crippen LogP contribution in [0.2, 0.25) is 0 Å². The van der Waals surface area contributed by atoms with Crippen LogP contribution in [0.15, 0.2) is 101 Å². The minimum absolute atomic E-state index is 0.165. The zero-order valence-corrected chi connectivity index (χ0v) is 22.8. The van der Waals surface area contributed by atoms with Gasteiger partial charge in [0.1, 0.15) is 5.82 Å². The van der Waals surface area contributed by atoms with Gasteiger partial charge in [-0.25, -0.2) is 9.37 Å². The first-order valence-corrected chi connectivity index (χ1v) is 13.6. The summed E-state index contributed by atoms with van der Waals surface area (Å²) in [5.41, 5.74) is 5.40. The number of fused-ring (bicyclic) bond motifs is 1. The molecule has 39 heavy (non-hydrogen) atoms. The molecular weight excluding hydrogens is 509 g/mol. The number of aryl methyl sites for hydroxylation is 2. The number of nitrogens with zero attached hydrogens (tertiary/aromatic N) is 3. The van der Waals surface area contributed by atoms with Crippen LogP contribution in [0.3, 0.4) is 0 Å². The van der Waals surface area contributed by atoms with Gasteiger partial charge in [0, 0.05) is 24.9 Å². The fourth-order valence-corrected chi connectivity index (χ4v) is 5.56. The summed E-state index contributed by atoms with van der Waals surface area (Å²) in [6.07, 6.45) is 0. The molecule has 1 heterocycles. The Bertz CT molecular complexity index is 1730. The zero-order chi connectivity index (χ0) is 27.5. The van der Waals surface area contributed by atoms with Crippen molar-refractivity contribution in [3.8, 4) is 5.69 Å². The molecule has 5 aromatic rings. The lowest BCUT2D eigenvalue weighted by Crippen LogP contribution is -2.26. The first kappa shape index (κ1) is 26.4. The van der Waals surface area contributed by atoms with E-state index in [0.29, 0.717) is 39.6 Å². The lowest BCUT2D eigenvalue weighted by molar-refractivity contribution is 0.0785. The maximum atomic E-state index is 14.2. The van der Waals surface area contributed by atoms with Crippen molar-refractivity contribution >= 4 is 28.6 Å². The van der Waals surface area contributed by atoms with Crippen molar-refractivity contribution in [1.82, 2.24) is 14.5 Å². The highest BCUT2D eigenvalue weighted by Gasteiger charge is 2.18. The van der Waals surface area contributed by atoms with Crippen LogP contribution in [-0.4, -0.2) is 27.4 Å². The smallest absolute Gasteiger partial charge is 0.266 e. The summed E-state index contributed by atoms with van der Waals surface area (Å²) in [4.78, 5) is 33.4. The highest BCUT2D eigenvalue weighted by atomic mass is 32.2. The third kappa shape index (κ3) is 5.78. The van der Waals surface area contributed by atoms with Crippen molar-refractivity contribution in [2.45, 2.75) is 31.3 Å². The van der Waals surface area contributed by atoms with Crippen molar-refractivity contribution in [2.24, 2.45) is 0 Å². The maximum Gasteiger partial charge on any atom is 0.266 e. The normalized spacial score (nSPS) is 11.1. The van der Waals surface area contributed by atoms with Gasteiger partial charge >= 0.3 is 0 Å². The van der Waals surface area contributed by atoms with E-state index in [0.717, 1.165) is 22.3 Å². The molecule has 0 unspecified atom stereocenters. The van der Waals surface area contributed by atoms with Crippen molar-refractivity contribution in [2.75, 3.05) is 7.05 Å². The van der Waals surface area contributed by atoms with Crippen LogP contribution in [0.4, 0.5) is 4.39 Å². The fraction of sp³-hybridized carbons (Fsp3) is 0.156. The van der Waals surface area contributed by atoms with Crippen LogP contribution in [0, 0.1) is 19.7 Å². The Morgan fingerprint density at radius 1 is 0.949 bits per heavy atom. The van der Waals surface area contributed by atoms with Gasteiger partial charge in [0.05, 0.1) is 16.6 Å². The minimum Gasteiger partial charge on any atom is -0.337 e. The molecule has 0 bridgehead atoms. The average Bonchev–Trinajstić information content (AvgIpc) is 2.93. The van der Waals surface area contributed by atoms with Gasteiger partial charge in [-0.2, -0.15) is 0 Å². The Kier molecular flexibility index (Phi) is 7.61. The van der Waals surface area contributed by atoms with Gasteiger partial charge in [0.2, 0.25) is 0 Å². The number of hydrogen-bond acceptors (Lipinski definition) is 4. The molecule has 1 amide bonds. The molecule has 0 saturated heterocycles. The van der Waals surface area contributed by atoms with Crippen LogP contribution >= 0.6 is 11.8 Å². The molecule has 0 N–H and O–H groups in total. The Hall–Kier alpha value is -4.23. The third-order valence-electron chi connectivity index (χ3n) is 6.62. The van der Waals surface area contributed by atoms with Gasteiger partial charge in [0.25, 0.3) is 11.5 Å². The third-order valence-corrected chi connectivity index (χ3v) is 7.61. The van der Waals surface area contributed by atoms with E-state index in [2.05, 4.69) is 18.2 Å². The molecule has 5 rings (SSSR count). The van der Waals surface area contributed by atoms with Crippen LogP contribution in [0.1, 0.15) is 32.6 Å². The van der Waals surface area contributed by atoms with Gasteiger partial charge in [0.15, 0.2) is 5.16 Å². The Morgan fingerprint density at radius 2 is 1.74 bits per heavy atom. The van der Waals surface area contributed by atoms with Crippen LogP contribution in [0.5, 0.6) is 0 Å². The molecule has 0 atom stereocenters. The molecule has 7 heteroatoms. The van der Waals surface area contributed by atoms with Gasteiger partial charge in [-0.3, -0.25) is 14.2 Å². The molecule has 5 nitrogen and oxygen atoms in total. The highest BCUT2D eigenvalue weighted by Crippen LogP contribution is 2.27. The number of rotatable bonds is 7. The number of carbonyl (C=O) groups excluding carboxylic acids is 1. The summed E-state index contributed by atoms with van der Waals surface area (Å²) < 4.78 is 15.6. The predicted molar refractivity (Wildman–Crippen MR) is 155 cm³/mol. The van der Waals surface area contributed by atoms with E-state index in [-0.39, 0.29) is 11.5 Å².